The molecule has 96 valence electrons. The van der Waals surface area contributed by atoms with Crippen LogP contribution >= 0.6 is 0 Å². The predicted octanol–water partition coefficient (Wildman–Crippen LogP) is 1.87. The summed E-state index contributed by atoms with van der Waals surface area (Å²) in [6, 6.07) is 1.41. The molecule has 0 bridgehead atoms. The van der Waals surface area contributed by atoms with Crippen LogP contribution in [0.3, 0.4) is 0 Å². The molecule has 0 aliphatic carbocycles. The number of hydrogen-bond donors (Lipinski definition) is 2. The maximum Gasteiger partial charge on any atom is 0.413 e. The van der Waals surface area contributed by atoms with Gasteiger partial charge in [0.1, 0.15) is 5.76 Å². The van der Waals surface area contributed by atoms with E-state index in [1.165, 1.54) is 13.0 Å². The molecule has 0 spiro atoms. The number of aryl methyl sites for hydroxylation is 1. The van der Waals surface area contributed by atoms with E-state index in [2.05, 4.69) is 4.84 Å². The van der Waals surface area contributed by atoms with E-state index in [1.807, 2.05) is 5.48 Å². The maximum atomic E-state index is 11.7. The van der Waals surface area contributed by atoms with E-state index in [1.54, 1.807) is 0 Å². The normalized spacial score (nSPS) is 11.8. The second-order valence-electron chi connectivity index (χ2n) is 3.25. The summed E-state index contributed by atoms with van der Waals surface area (Å²) >= 11 is 0. The molecule has 0 unspecified atom stereocenters. The molecule has 0 atom stereocenters. The van der Waals surface area contributed by atoms with Gasteiger partial charge in [-0.3, -0.25) is 4.84 Å². The standard InChI is InChI=1S/C9H10F3NO4/c1-5-2-6(17-7(5)8(14)15)3-13-16-4-9(10,11)12/h2,13H,3-4H2,1H3,(H,14,15). The first-order chi connectivity index (χ1) is 7.79. The van der Waals surface area contributed by atoms with Gasteiger partial charge in [0.15, 0.2) is 6.61 Å². The molecule has 0 amide bonds. The maximum absolute atomic E-state index is 11.7. The SMILES string of the molecule is Cc1cc(CNOCC(F)(F)F)oc1C(=O)O. The number of furan rings is 1. The minimum atomic E-state index is -4.42. The molecule has 0 aromatic carbocycles. The van der Waals surface area contributed by atoms with Crippen molar-refractivity contribution in [2.45, 2.75) is 19.6 Å². The third-order valence-electron chi connectivity index (χ3n) is 1.75. The summed E-state index contributed by atoms with van der Waals surface area (Å²) in [5.74, 6) is -1.29. The average molecular weight is 253 g/mol. The fraction of sp³-hybridized carbons (Fsp3) is 0.444. The highest BCUT2D eigenvalue weighted by molar-refractivity contribution is 5.86. The van der Waals surface area contributed by atoms with Gasteiger partial charge in [0, 0.05) is 5.56 Å². The smallest absolute Gasteiger partial charge is 0.413 e. The van der Waals surface area contributed by atoms with E-state index < -0.39 is 18.8 Å². The monoisotopic (exact) mass is 253 g/mol. The number of nitrogens with one attached hydrogen (secondary N) is 1. The van der Waals surface area contributed by atoms with Crippen molar-refractivity contribution in [3.05, 3.63) is 23.2 Å². The van der Waals surface area contributed by atoms with Crippen LogP contribution in [0.5, 0.6) is 0 Å². The van der Waals surface area contributed by atoms with Gasteiger partial charge in [0.25, 0.3) is 0 Å². The number of rotatable bonds is 5. The summed E-state index contributed by atoms with van der Waals surface area (Å²) in [6.45, 7) is -0.0598. The van der Waals surface area contributed by atoms with Gasteiger partial charge in [-0.2, -0.15) is 18.7 Å². The van der Waals surface area contributed by atoms with E-state index in [-0.39, 0.29) is 18.1 Å². The molecule has 2 N–H and O–H groups in total. The van der Waals surface area contributed by atoms with Crippen LogP contribution in [0.15, 0.2) is 10.5 Å². The number of carboxylic acid groups (broad SMARTS) is 1. The van der Waals surface area contributed by atoms with Gasteiger partial charge in [-0.1, -0.05) is 0 Å². The van der Waals surface area contributed by atoms with Gasteiger partial charge < -0.3 is 9.52 Å². The van der Waals surface area contributed by atoms with E-state index >= 15 is 0 Å². The lowest BCUT2D eigenvalue weighted by Gasteiger charge is -2.06. The Morgan fingerprint density at radius 2 is 2.24 bits per heavy atom. The van der Waals surface area contributed by atoms with Crippen molar-refractivity contribution >= 4 is 5.97 Å². The first kappa shape index (κ1) is 13.5. The molecule has 0 radical (unpaired) electrons. The lowest BCUT2D eigenvalue weighted by Crippen LogP contribution is -2.24. The van der Waals surface area contributed by atoms with Crippen molar-refractivity contribution in [2.75, 3.05) is 6.61 Å². The summed E-state index contributed by atoms with van der Waals surface area (Å²) < 4.78 is 40.0. The first-order valence-electron chi connectivity index (χ1n) is 4.53. The third kappa shape index (κ3) is 4.45. The molecule has 1 heterocycles. The molecule has 0 saturated heterocycles. The summed E-state index contributed by atoms with van der Waals surface area (Å²) in [4.78, 5) is 14.7. The van der Waals surface area contributed by atoms with Crippen LogP contribution in [0.2, 0.25) is 0 Å². The van der Waals surface area contributed by atoms with Gasteiger partial charge >= 0.3 is 12.1 Å². The average Bonchev–Trinajstić information content (AvgIpc) is 2.53. The molecular weight excluding hydrogens is 243 g/mol. The minimum Gasteiger partial charge on any atom is -0.475 e. The zero-order valence-corrected chi connectivity index (χ0v) is 8.80. The van der Waals surface area contributed by atoms with E-state index in [4.69, 9.17) is 9.52 Å². The molecule has 1 aromatic heterocycles. The molecular formula is C9H10F3NO4. The zero-order valence-electron chi connectivity index (χ0n) is 8.80. The fourth-order valence-corrected chi connectivity index (χ4v) is 1.10. The van der Waals surface area contributed by atoms with Crippen molar-refractivity contribution in [2.24, 2.45) is 0 Å². The Bertz CT molecular complexity index is 399. The van der Waals surface area contributed by atoms with Crippen LogP contribution in [0.4, 0.5) is 13.2 Å². The van der Waals surface area contributed by atoms with Crippen LogP contribution in [0.25, 0.3) is 0 Å². The number of halogens is 3. The van der Waals surface area contributed by atoms with Crippen molar-refractivity contribution in [1.29, 1.82) is 0 Å². The Balaban J connectivity index is 2.43. The highest BCUT2D eigenvalue weighted by Crippen LogP contribution is 2.15. The Morgan fingerprint density at radius 3 is 2.71 bits per heavy atom. The van der Waals surface area contributed by atoms with Gasteiger partial charge in [-0.15, -0.1) is 0 Å². The molecule has 0 aliphatic rings. The van der Waals surface area contributed by atoms with Gasteiger partial charge in [-0.25, -0.2) is 4.79 Å². The Hall–Kier alpha value is -1.54. The fourth-order valence-electron chi connectivity index (χ4n) is 1.10. The van der Waals surface area contributed by atoms with E-state index in [9.17, 15) is 18.0 Å². The third-order valence-corrected chi connectivity index (χ3v) is 1.75. The first-order valence-corrected chi connectivity index (χ1v) is 4.53. The summed E-state index contributed by atoms with van der Waals surface area (Å²) in [7, 11) is 0. The van der Waals surface area contributed by atoms with Crippen molar-refractivity contribution in [3.63, 3.8) is 0 Å². The van der Waals surface area contributed by atoms with E-state index in [0.717, 1.165) is 0 Å². The molecule has 1 aromatic rings. The minimum absolute atomic E-state index is 0.149. The molecule has 17 heavy (non-hydrogen) atoms. The number of carboxylic acids is 1. The predicted molar refractivity (Wildman–Crippen MR) is 49.3 cm³/mol. The highest BCUT2D eigenvalue weighted by Gasteiger charge is 2.27. The second-order valence-corrected chi connectivity index (χ2v) is 3.25. The molecule has 0 aliphatic heterocycles. The second kappa shape index (κ2) is 5.19. The quantitative estimate of drug-likeness (QED) is 0.619. The Morgan fingerprint density at radius 1 is 1.59 bits per heavy atom. The molecule has 0 fully saturated rings. The Labute approximate surface area is 94.1 Å². The number of carbonyl (C=O) groups is 1. The van der Waals surface area contributed by atoms with Crippen LogP contribution in [0.1, 0.15) is 21.9 Å². The number of aromatic carboxylic acids is 1. The molecule has 1 rings (SSSR count). The summed E-state index contributed by atoms with van der Waals surface area (Å²) in [5, 5.41) is 8.66. The van der Waals surface area contributed by atoms with Gasteiger partial charge in [0.05, 0.1) is 6.54 Å². The number of hydrogen-bond acceptors (Lipinski definition) is 4. The van der Waals surface area contributed by atoms with Gasteiger partial charge in [0.2, 0.25) is 5.76 Å². The van der Waals surface area contributed by atoms with Crippen LogP contribution < -0.4 is 5.48 Å². The highest BCUT2D eigenvalue weighted by atomic mass is 19.4. The topological polar surface area (TPSA) is 71.7 Å². The Kier molecular flexibility index (Phi) is 4.13. The lowest BCUT2D eigenvalue weighted by atomic mass is 10.2. The van der Waals surface area contributed by atoms with Crippen LogP contribution in [0, 0.1) is 6.92 Å². The lowest BCUT2D eigenvalue weighted by molar-refractivity contribution is -0.190. The zero-order chi connectivity index (χ0) is 13.1. The van der Waals surface area contributed by atoms with E-state index in [0.29, 0.717) is 5.56 Å². The summed E-state index contributed by atoms with van der Waals surface area (Å²) in [6.07, 6.45) is -4.42. The molecule has 8 heteroatoms. The van der Waals surface area contributed by atoms with Crippen molar-refractivity contribution < 1.29 is 32.3 Å². The molecule has 0 saturated carbocycles. The van der Waals surface area contributed by atoms with Gasteiger partial charge in [-0.05, 0) is 13.0 Å². The molecule has 5 nitrogen and oxygen atoms in total. The van der Waals surface area contributed by atoms with Crippen molar-refractivity contribution in [3.8, 4) is 0 Å². The largest absolute Gasteiger partial charge is 0.475 e. The number of alkyl halides is 3. The number of hydroxylamine groups is 1. The van der Waals surface area contributed by atoms with Crippen LogP contribution in [-0.2, 0) is 11.4 Å². The van der Waals surface area contributed by atoms with Crippen LogP contribution in [-0.4, -0.2) is 23.9 Å². The summed E-state index contributed by atoms with van der Waals surface area (Å²) in [5.41, 5.74) is 2.42. The van der Waals surface area contributed by atoms with Crippen molar-refractivity contribution in [1.82, 2.24) is 5.48 Å².